The fourth-order valence-corrected chi connectivity index (χ4v) is 13.1. The van der Waals surface area contributed by atoms with Gasteiger partial charge in [-0.25, -0.2) is 9.59 Å². The SMILES string of the molecule is O=C(O)[C@@]1(O[C@@H]2C[C@](O)(C(=O)O)O[C@H]([C@H](O)CO)[C@@H]2O[C@H]2O[C@H]([C@@H](O)CO)[C@@H](O[C@@H]3O[C@H](CO)[C@@H](O)[C@H](O)[C@H]3O)[C@H](O[C@H]3O[C@H]([C@@H](O)CO[C@H]4O[C@H]([C@@H](O)CO[C@H]5O[C@H]([C@H](O)CO)[C@@H](O)[C@H](O)[C@@H]5O)[C@@H](O)[C@H](O)[C@@H]4O)[C@@H](O)[C@H](O)[C@@H]3O[C@H]3O[C@H](CO)[C@@H](O)[C@H](O)[C@H]3O)[C@@H]2O)C[C@@H](O)[C@@H](O)[C@@H]([C@H](O)CO)O1. The average molecular weight is 1550 g/mol. The van der Waals surface area contributed by atoms with E-state index in [1.165, 1.54) is 0 Å². The number of aliphatic carboxylic acids is 2. The average Bonchev–Trinajstić information content (AvgIpc) is 0.744. The summed E-state index contributed by atoms with van der Waals surface area (Å²) in [6, 6.07) is 0. The number of ether oxygens (including phenoxy) is 15. The van der Waals surface area contributed by atoms with Crippen molar-refractivity contribution in [3.8, 4) is 0 Å². The summed E-state index contributed by atoms with van der Waals surface area (Å²) in [7, 11) is 0. The maximum atomic E-state index is 13.3. The lowest BCUT2D eigenvalue weighted by molar-refractivity contribution is -0.419. The van der Waals surface area contributed by atoms with Crippen LogP contribution in [-0.2, 0) is 80.6 Å². The highest BCUT2D eigenvalue weighted by Gasteiger charge is 2.64. The molecule has 32 N–H and O–H groups in total. The van der Waals surface area contributed by atoms with Crippen molar-refractivity contribution in [3.05, 3.63) is 0 Å². The number of rotatable bonds is 30. The second kappa shape index (κ2) is 36.7. The molecule has 8 heterocycles. The molecule has 0 bridgehead atoms. The first-order valence-corrected chi connectivity index (χ1v) is 32.6. The van der Waals surface area contributed by atoms with Crippen LogP contribution in [0.25, 0.3) is 0 Å². The van der Waals surface area contributed by atoms with Crippen molar-refractivity contribution < 1.29 is 244 Å². The van der Waals surface area contributed by atoms with Gasteiger partial charge in [0.15, 0.2) is 37.7 Å². The van der Waals surface area contributed by atoms with Gasteiger partial charge in [0.1, 0.15) is 208 Å². The quantitative estimate of drug-likeness (QED) is 0.0318. The minimum absolute atomic E-state index is 1.03. The van der Waals surface area contributed by atoms with E-state index >= 15 is 0 Å². The molecule has 8 fully saturated rings. The zero-order valence-electron chi connectivity index (χ0n) is 54.6. The van der Waals surface area contributed by atoms with Crippen molar-refractivity contribution in [2.24, 2.45) is 0 Å². The highest BCUT2D eigenvalue weighted by atomic mass is 16.8. The number of carboxylic acids is 2. The summed E-state index contributed by atoms with van der Waals surface area (Å²) in [6.45, 7) is -10.1. The maximum Gasteiger partial charge on any atom is 0.364 e. The van der Waals surface area contributed by atoms with Gasteiger partial charge >= 0.3 is 11.9 Å². The van der Waals surface area contributed by atoms with E-state index in [4.69, 9.17) is 71.1 Å². The first-order valence-electron chi connectivity index (χ1n) is 32.6. The second-order valence-electron chi connectivity index (χ2n) is 26.3. The number of hydrogen-bond donors (Lipinski definition) is 32. The summed E-state index contributed by atoms with van der Waals surface area (Å²) in [5.41, 5.74) is 0. The lowest BCUT2D eigenvalue weighted by atomic mass is 9.89. The Morgan fingerprint density at radius 1 is 0.343 bits per heavy atom. The first-order chi connectivity index (χ1) is 49.3. The number of hydrogen-bond acceptors (Lipinski definition) is 47. The molecule has 0 unspecified atom stereocenters. The predicted octanol–water partition coefficient (Wildman–Crippen LogP) is -21.3. The van der Waals surface area contributed by atoms with Gasteiger partial charge in [0, 0.05) is 12.8 Å². The highest BCUT2D eigenvalue weighted by molar-refractivity contribution is 5.77. The van der Waals surface area contributed by atoms with Crippen molar-refractivity contribution in [2.75, 3.05) is 52.9 Å². The molecule has 44 atom stereocenters. The van der Waals surface area contributed by atoms with Crippen LogP contribution in [0.3, 0.4) is 0 Å². The molecule has 8 aliphatic heterocycles. The molecule has 0 saturated carbocycles. The van der Waals surface area contributed by atoms with Crippen LogP contribution < -0.4 is 0 Å². The second-order valence-corrected chi connectivity index (χ2v) is 26.3. The minimum Gasteiger partial charge on any atom is -0.477 e. The predicted molar refractivity (Wildman–Crippen MR) is 311 cm³/mol. The summed E-state index contributed by atoms with van der Waals surface area (Å²) >= 11 is 0. The molecule has 0 amide bonds. The standard InChI is InChI=1S/C56H94O49/c57-3-12(64)37-28(77)26(75)32(81)47(95-37)91-9-16(68)38-29(78)27(76)33(82)48(96-38)92-10-17(69)39-30(79)31(80)45(101-49-34(83)24(73)22(71)19(7-61)93-49)52(97-39)100-44-36(85)51(98-41(14(66)5-59)46(44)102-50-35(84)25(74)23(72)20(8-62)94-50)99-43-18(2-55(90,53(86)87)104-42(43)15(67)6-60)103-56(54(88)89)1-11(63)21(70)40(105-56)13(65)4-58/h11-52,57-85,90H,1-10H2,(H,86,87)(H,88,89)/t11-,12-,13-,14+,15-,16+,17+,18-,19-,20-,21-,22-,23-,24+,25+,26+,27+,28+,29+,30+,31+,32+,33+,34-,35-,36+,37-,38-,39-,40-,41-,42-,43-,44-,45+,46-,47+,48+,49-,50+,51-,52-,55-,56-/m1/s1. The van der Waals surface area contributed by atoms with Crippen LogP contribution in [0, 0.1) is 0 Å². The van der Waals surface area contributed by atoms with Gasteiger partial charge < -0.3 is 234 Å². The zero-order valence-corrected chi connectivity index (χ0v) is 54.6. The van der Waals surface area contributed by atoms with E-state index in [1.54, 1.807) is 0 Å². The Labute approximate surface area is 589 Å². The lowest BCUT2D eigenvalue weighted by Gasteiger charge is -2.53. The van der Waals surface area contributed by atoms with Crippen molar-refractivity contribution in [3.63, 3.8) is 0 Å². The largest absolute Gasteiger partial charge is 0.477 e. The number of aliphatic hydroxyl groups excluding tert-OH is 29. The molecule has 8 saturated heterocycles. The summed E-state index contributed by atoms with van der Waals surface area (Å²) < 4.78 is 85.4. The first kappa shape index (κ1) is 87.7. The van der Waals surface area contributed by atoms with E-state index in [2.05, 4.69) is 0 Å². The molecule has 105 heavy (non-hydrogen) atoms. The number of carbonyl (C=O) groups is 2. The molecule has 0 aromatic carbocycles. The zero-order chi connectivity index (χ0) is 78.1. The van der Waals surface area contributed by atoms with Gasteiger partial charge in [-0.1, -0.05) is 0 Å². The Balaban J connectivity index is 1.18. The van der Waals surface area contributed by atoms with Gasteiger partial charge in [-0.15, -0.1) is 0 Å². The molecule has 612 valence electrons. The van der Waals surface area contributed by atoms with E-state index in [0.29, 0.717) is 0 Å². The fraction of sp³-hybridized carbons (Fsp3) is 0.964. The molecule has 0 spiro atoms. The van der Waals surface area contributed by atoms with Crippen LogP contribution in [0.5, 0.6) is 0 Å². The molecule has 0 aliphatic carbocycles. The monoisotopic (exact) mass is 1550 g/mol. The van der Waals surface area contributed by atoms with Gasteiger partial charge in [-0.2, -0.15) is 0 Å². The van der Waals surface area contributed by atoms with Crippen molar-refractivity contribution in [2.45, 2.75) is 282 Å². The molecule has 8 rings (SSSR count). The van der Waals surface area contributed by atoms with Crippen LogP contribution in [0.4, 0.5) is 0 Å². The summed E-state index contributed by atoms with van der Waals surface area (Å²) in [4.78, 5) is 26.1. The van der Waals surface area contributed by atoms with Crippen LogP contribution in [0.2, 0.25) is 0 Å². The number of carboxylic acid groups (broad SMARTS) is 2. The smallest absolute Gasteiger partial charge is 0.364 e. The van der Waals surface area contributed by atoms with Crippen LogP contribution >= 0.6 is 0 Å². The van der Waals surface area contributed by atoms with Gasteiger partial charge in [0.2, 0.25) is 0 Å². The number of aliphatic hydroxyl groups is 30. The van der Waals surface area contributed by atoms with Gasteiger partial charge in [0.05, 0.1) is 65.1 Å². The van der Waals surface area contributed by atoms with Crippen LogP contribution in [-0.4, -0.2) is 497 Å². The van der Waals surface area contributed by atoms with Gasteiger partial charge in [-0.3, -0.25) is 0 Å². The summed E-state index contributed by atoms with van der Waals surface area (Å²) in [5.74, 6) is -11.8. The normalized spacial score (nSPS) is 49.0. The van der Waals surface area contributed by atoms with Crippen molar-refractivity contribution in [1.29, 1.82) is 0 Å². The molecular weight excluding hydrogens is 1460 g/mol. The third-order valence-corrected chi connectivity index (χ3v) is 19.1. The molecule has 0 aromatic heterocycles. The summed E-state index contributed by atoms with van der Waals surface area (Å²) in [6.07, 6.45) is -102. The van der Waals surface area contributed by atoms with E-state index < -0.39 is 347 Å². The maximum absolute atomic E-state index is 13.3. The van der Waals surface area contributed by atoms with Crippen LogP contribution in [0.1, 0.15) is 12.8 Å². The molecule has 49 nitrogen and oxygen atoms in total. The molecule has 49 heteroatoms. The topological polar surface area (TPSA) is 820 Å². The highest BCUT2D eigenvalue weighted by Crippen LogP contribution is 2.44. The Morgan fingerprint density at radius 2 is 0.714 bits per heavy atom. The van der Waals surface area contributed by atoms with Crippen LogP contribution in [0.15, 0.2) is 0 Å². The molecule has 0 radical (unpaired) electrons. The minimum atomic E-state index is -3.67. The van der Waals surface area contributed by atoms with Crippen molar-refractivity contribution in [1.82, 2.24) is 0 Å². The lowest BCUT2D eigenvalue weighted by Crippen LogP contribution is -2.71. The van der Waals surface area contributed by atoms with Gasteiger partial charge in [-0.05, 0) is 0 Å². The Kier molecular flexibility index (Phi) is 30.7. The van der Waals surface area contributed by atoms with Gasteiger partial charge in [0.25, 0.3) is 11.6 Å². The van der Waals surface area contributed by atoms with E-state index in [-0.39, 0.29) is 0 Å². The fourth-order valence-electron chi connectivity index (χ4n) is 13.1. The Hall–Kier alpha value is -2.86. The summed E-state index contributed by atoms with van der Waals surface area (Å²) in [5, 5.41) is 348. The molecular formula is C56H94O49. The third kappa shape index (κ3) is 18.4. The van der Waals surface area contributed by atoms with Crippen molar-refractivity contribution >= 4 is 11.9 Å². The van der Waals surface area contributed by atoms with E-state index in [0.717, 1.165) is 0 Å². The Bertz CT molecular complexity index is 2700. The Morgan fingerprint density at radius 3 is 1.17 bits per heavy atom. The molecule has 0 aromatic rings. The van der Waals surface area contributed by atoms with E-state index in [9.17, 15) is 173 Å². The third-order valence-electron chi connectivity index (χ3n) is 19.1. The molecule has 8 aliphatic rings. The van der Waals surface area contributed by atoms with E-state index in [1.807, 2.05) is 0 Å².